The fourth-order valence-electron chi connectivity index (χ4n) is 1.85. The summed E-state index contributed by atoms with van der Waals surface area (Å²) < 4.78 is 30.7. The van der Waals surface area contributed by atoms with Gasteiger partial charge in [-0.25, -0.2) is 17.5 Å². The maximum Gasteiger partial charge on any atom is 0.337 e. The molecule has 0 heterocycles. The molecule has 0 amide bonds. The molecule has 132 valence electrons. The lowest BCUT2D eigenvalue weighted by atomic mass is 10.0. The lowest BCUT2D eigenvalue weighted by Crippen LogP contribution is -2.34. The Hall–Kier alpha value is -1.15. The number of hydrogen-bond donors (Lipinski definition) is 1. The van der Waals surface area contributed by atoms with Crippen molar-refractivity contribution < 1.29 is 17.9 Å². The second kappa shape index (κ2) is 9.22. The first-order valence-corrected chi connectivity index (χ1v) is 8.54. The lowest BCUT2D eigenvalue weighted by molar-refractivity contribution is 0.0600. The first-order valence-electron chi connectivity index (χ1n) is 7.10. The van der Waals surface area contributed by atoms with Crippen molar-refractivity contribution in [3.05, 3.63) is 29.8 Å². The van der Waals surface area contributed by atoms with E-state index in [1.54, 1.807) is 0 Å². The van der Waals surface area contributed by atoms with Crippen molar-refractivity contribution in [2.24, 2.45) is 11.7 Å². The normalized spacial score (nSPS) is 12.8. The second-order valence-corrected chi connectivity index (χ2v) is 7.58. The van der Waals surface area contributed by atoms with Crippen molar-refractivity contribution in [1.29, 1.82) is 0 Å². The van der Waals surface area contributed by atoms with E-state index < -0.39 is 16.0 Å². The molecule has 0 aliphatic carbocycles. The Kier molecular flexibility index (Phi) is 8.76. The van der Waals surface area contributed by atoms with Gasteiger partial charge in [-0.15, -0.1) is 12.4 Å². The zero-order valence-electron chi connectivity index (χ0n) is 13.9. The summed E-state index contributed by atoms with van der Waals surface area (Å²) in [5.74, 6) is -0.198. The van der Waals surface area contributed by atoms with Gasteiger partial charge in [-0.1, -0.05) is 13.8 Å². The Morgan fingerprint density at radius 1 is 1.26 bits per heavy atom. The number of benzene rings is 1. The topological polar surface area (TPSA) is 89.7 Å². The second-order valence-electron chi connectivity index (χ2n) is 5.54. The number of carbonyl (C=O) groups is 1. The molecule has 23 heavy (non-hydrogen) atoms. The van der Waals surface area contributed by atoms with Gasteiger partial charge >= 0.3 is 5.97 Å². The van der Waals surface area contributed by atoms with Crippen LogP contribution in [-0.4, -0.2) is 45.4 Å². The Bertz CT molecular complexity index is 602. The summed E-state index contributed by atoms with van der Waals surface area (Å²) in [7, 11) is -0.783. The monoisotopic (exact) mass is 364 g/mol. The van der Waals surface area contributed by atoms with Crippen molar-refractivity contribution >= 4 is 28.4 Å². The molecule has 1 atom stereocenters. The average Bonchev–Trinajstić information content (AvgIpc) is 2.51. The van der Waals surface area contributed by atoms with E-state index in [1.807, 2.05) is 13.8 Å². The highest BCUT2D eigenvalue weighted by Gasteiger charge is 2.22. The zero-order chi connectivity index (χ0) is 16.9. The summed E-state index contributed by atoms with van der Waals surface area (Å²) >= 11 is 0. The molecule has 0 radical (unpaired) electrons. The molecule has 0 spiro atoms. The van der Waals surface area contributed by atoms with Gasteiger partial charge in [-0.3, -0.25) is 0 Å². The number of esters is 1. The van der Waals surface area contributed by atoms with E-state index >= 15 is 0 Å². The Morgan fingerprint density at radius 3 is 2.22 bits per heavy atom. The number of ether oxygens (including phenoxy) is 1. The van der Waals surface area contributed by atoms with Crippen molar-refractivity contribution in [3.63, 3.8) is 0 Å². The lowest BCUT2D eigenvalue weighted by Gasteiger charge is -2.21. The van der Waals surface area contributed by atoms with Gasteiger partial charge in [0, 0.05) is 19.6 Å². The molecule has 1 rings (SSSR count). The van der Waals surface area contributed by atoms with Gasteiger partial charge in [0.2, 0.25) is 10.0 Å². The van der Waals surface area contributed by atoms with Crippen LogP contribution in [0.5, 0.6) is 0 Å². The molecule has 2 N–H and O–H groups in total. The highest BCUT2D eigenvalue weighted by atomic mass is 35.5. The molecule has 0 aliphatic rings. The highest BCUT2D eigenvalue weighted by Crippen LogP contribution is 2.16. The van der Waals surface area contributed by atoms with Crippen LogP contribution in [0.15, 0.2) is 29.2 Å². The van der Waals surface area contributed by atoms with Gasteiger partial charge in [0.25, 0.3) is 0 Å². The van der Waals surface area contributed by atoms with E-state index in [1.165, 1.54) is 42.7 Å². The van der Waals surface area contributed by atoms with E-state index in [-0.39, 0.29) is 23.3 Å². The minimum Gasteiger partial charge on any atom is -0.465 e. The first-order chi connectivity index (χ1) is 10.2. The van der Waals surface area contributed by atoms with Crippen LogP contribution in [0.4, 0.5) is 0 Å². The third kappa shape index (κ3) is 5.76. The van der Waals surface area contributed by atoms with Crippen LogP contribution in [0.25, 0.3) is 0 Å². The molecule has 0 saturated carbocycles. The number of nitrogens with two attached hydrogens (primary N) is 1. The molecule has 0 aliphatic heterocycles. The van der Waals surface area contributed by atoms with E-state index in [9.17, 15) is 13.2 Å². The summed E-state index contributed by atoms with van der Waals surface area (Å²) in [6.45, 7) is 4.36. The fraction of sp³-hybridized carbons (Fsp3) is 0.533. The molecule has 1 aromatic carbocycles. The predicted octanol–water partition coefficient (Wildman–Crippen LogP) is 1.89. The van der Waals surface area contributed by atoms with Crippen LogP contribution in [-0.2, 0) is 14.8 Å². The van der Waals surface area contributed by atoms with Gasteiger partial charge in [-0.2, -0.15) is 0 Å². The predicted molar refractivity (Wildman–Crippen MR) is 92.3 cm³/mol. The van der Waals surface area contributed by atoms with Gasteiger partial charge < -0.3 is 10.5 Å². The Labute approximate surface area is 144 Å². The van der Waals surface area contributed by atoms with Crippen LogP contribution >= 0.6 is 12.4 Å². The average molecular weight is 365 g/mol. The number of sulfonamides is 1. The molecular formula is C15H25ClN2O4S. The van der Waals surface area contributed by atoms with Gasteiger partial charge in [0.15, 0.2) is 0 Å². The number of nitrogens with zero attached hydrogens (tertiary/aromatic N) is 1. The Balaban J connectivity index is 0.00000484. The van der Waals surface area contributed by atoms with E-state index in [0.29, 0.717) is 24.4 Å². The maximum absolute atomic E-state index is 12.4. The minimum absolute atomic E-state index is 0. The van der Waals surface area contributed by atoms with Crippen LogP contribution in [0.3, 0.4) is 0 Å². The third-order valence-electron chi connectivity index (χ3n) is 3.62. The van der Waals surface area contributed by atoms with Crippen molar-refractivity contribution in [2.75, 3.05) is 20.7 Å². The van der Waals surface area contributed by atoms with Gasteiger partial charge in [-0.05, 0) is 36.6 Å². The molecule has 0 bridgehead atoms. The first kappa shape index (κ1) is 21.9. The largest absolute Gasteiger partial charge is 0.465 e. The molecule has 6 nitrogen and oxygen atoms in total. The molecule has 0 aromatic heterocycles. The minimum atomic E-state index is -3.58. The van der Waals surface area contributed by atoms with Gasteiger partial charge in [0.1, 0.15) is 0 Å². The van der Waals surface area contributed by atoms with Crippen LogP contribution in [0.2, 0.25) is 0 Å². The van der Waals surface area contributed by atoms with E-state index in [0.717, 1.165) is 0 Å². The number of rotatable bonds is 7. The molecule has 0 saturated heterocycles. The van der Waals surface area contributed by atoms with Crippen molar-refractivity contribution in [2.45, 2.75) is 31.2 Å². The third-order valence-corrected chi connectivity index (χ3v) is 5.49. The summed E-state index contributed by atoms with van der Waals surface area (Å²) in [5.41, 5.74) is 6.25. The van der Waals surface area contributed by atoms with Crippen LogP contribution < -0.4 is 5.73 Å². The van der Waals surface area contributed by atoms with E-state index in [2.05, 4.69) is 4.74 Å². The van der Waals surface area contributed by atoms with Crippen LogP contribution in [0.1, 0.15) is 30.6 Å². The Morgan fingerprint density at radius 2 is 1.78 bits per heavy atom. The molecule has 8 heteroatoms. The van der Waals surface area contributed by atoms with E-state index in [4.69, 9.17) is 5.73 Å². The summed E-state index contributed by atoms with van der Waals surface area (Å²) in [6, 6.07) is 5.64. The maximum atomic E-state index is 12.4. The SMILES string of the molecule is COC(=O)c1ccc(S(=O)(=O)N(C)CCC(N)C(C)C)cc1.Cl. The fourth-order valence-corrected chi connectivity index (χ4v) is 3.03. The standard InChI is InChI=1S/C15H24N2O4S.ClH/c1-11(2)14(16)9-10-17(3)22(19,20)13-7-5-12(6-8-13)15(18)21-4;/h5-8,11,14H,9-10,16H2,1-4H3;1H. The van der Waals surface area contributed by atoms with Crippen molar-refractivity contribution in [1.82, 2.24) is 4.31 Å². The molecule has 1 unspecified atom stereocenters. The molecular weight excluding hydrogens is 340 g/mol. The number of halogens is 1. The summed E-state index contributed by atoms with van der Waals surface area (Å²) in [6.07, 6.45) is 0.591. The number of carbonyl (C=O) groups excluding carboxylic acids is 1. The quantitative estimate of drug-likeness (QED) is 0.746. The number of methoxy groups -OCH3 is 1. The molecule has 1 aromatic rings. The smallest absolute Gasteiger partial charge is 0.337 e. The van der Waals surface area contributed by atoms with Crippen molar-refractivity contribution in [3.8, 4) is 0 Å². The highest BCUT2D eigenvalue weighted by molar-refractivity contribution is 7.89. The number of hydrogen-bond acceptors (Lipinski definition) is 5. The summed E-state index contributed by atoms with van der Waals surface area (Å²) in [5, 5.41) is 0. The zero-order valence-corrected chi connectivity index (χ0v) is 15.5. The van der Waals surface area contributed by atoms with Gasteiger partial charge in [0.05, 0.1) is 17.6 Å². The molecule has 0 fully saturated rings. The summed E-state index contributed by atoms with van der Waals surface area (Å²) in [4.78, 5) is 11.5. The van der Waals surface area contributed by atoms with Crippen LogP contribution in [0, 0.1) is 5.92 Å².